The van der Waals surface area contributed by atoms with Crippen LogP contribution in [0.3, 0.4) is 0 Å². The number of fused-ring (bicyclic) bond motifs is 6. The number of aryl methyl sites for hydroxylation is 3. The van der Waals surface area contributed by atoms with Crippen molar-refractivity contribution in [2.75, 3.05) is 21.3 Å². The van der Waals surface area contributed by atoms with Crippen molar-refractivity contribution in [2.24, 2.45) is 0 Å². The summed E-state index contributed by atoms with van der Waals surface area (Å²) in [5.41, 5.74) is 7.36. The molecule has 0 radical (unpaired) electrons. The van der Waals surface area contributed by atoms with Gasteiger partial charge in [-0.05, 0) is 127 Å². The molecular formula is C48H48O9. The summed E-state index contributed by atoms with van der Waals surface area (Å²) >= 11 is 0. The first-order chi connectivity index (χ1) is 27.6. The van der Waals surface area contributed by atoms with Gasteiger partial charge in [-0.15, -0.1) is 0 Å². The van der Waals surface area contributed by atoms with Crippen molar-refractivity contribution in [3.63, 3.8) is 0 Å². The highest BCUT2D eigenvalue weighted by Crippen LogP contribution is 2.46. The van der Waals surface area contributed by atoms with Gasteiger partial charge in [-0.2, -0.15) is 0 Å². The fraction of sp³-hybridized carbons (Fsp3) is 0.250. The lowest BCUT2D eigenvalue weighted by Crippen LogP contribution is -2.10. The molecule has 1 aliphatic rings. The van der Waals surface area contributed by atoms with Gasteiger partial charge in [0, 0.05) is 52.6 Å². The number of benzene rings is 6. The van der Waals surface area contributed by atoms with Gasteiger partial charge in [0.1, 0.15) is 51.7 Å². The quantitative estimate of drug-likeness (QED) is 0.0974. The van der Waals surface area contributed by atoms with Crippen LogP contribution in [0.2, 0.25) is 0 Å². The van der Waals surface area contributed by atoms with Gasteiger partial charge in [0.05, 0.1) is 21.3 Å². The molecule has 6 bridgehead atoms. The minimum Gasteiger partial charge on any atom is -0.508 e. The van der Waals surface area contributed by atoms with Gasteiger partial charge in [0.15, 0.2) is 0 Å². The van der Waals surface area contributed by atoms with Gasteiger partial charge >= 0.3 is 0 Å². The number of hydrogen-bond acceptors (Lipinski definition) is 9. The van der Waals surface area contributed by atoms with Gasteiger partial charge in [-0.3, -0.25) is 0 Å². The van der Waals surface area contributed by atoms with Crippen molar-refractivity contribution in [2.45, 2.75) is 56.3 Å². The lowest BCUT2D eigenvalue weighted by molar-refractivity contribution is 0.396. The molecule has 3 atom stereocenters. The minimum atomic E-state index is -0.315. The monoisotopic (exact) mass is 768 g/mol. The van der Waals surface area contributed by atoms with Crippen LogP contribution < -0.4 is 14.2 Å². The van der Waals surface area contributed by atoms with E-state index in [4.69, 9.17) is 14.2 Å². The van der Waals surface area contributed by atoms with E-state index in [1.54, 1.807) is 75.9 Å². The van der Waals surface area contributed by atoms with E-state index in [-0.39, 0.29) is 52.3 Å². The Balaban J connectivity index is 1.46. The summed E-state index contributed by atoms with van der Waals surface area (Å²) in [6, 6.07) is 31.9. The Morgan fingerprint density at radius 3 is 0.842 bits per heavy atom. The second-order valence-corrected chi connectivity index (χ2v) is 14.7. The molecule has 1 aliphatic carbocycles. The predicted molar refractivity (Wildman–Crippen MR) is 219 cm³/mol. The van der Waals surface area contributed by atoms with Crippen LogP contribution in [0.4, 0.5) is 0 Å². The molecule has 0 saturated carbocycles. The van der Waals surface area contributed by atoms with E-state index < -0.39 is 0 Å². The average Bonchev–Trinajstić information content (AvgIpc) is 3.21. The van der Waals surface area contributed by atoms with Gasteiger partial charge in [-0.1, -0.05) is 36.4 Å². The maximum atomic E-state index is 11.6. The molecule has 3 unspecified atom stereocenters. The molecule has 0 heterocycles. The van der Waals surface area contributed by atoms with Crippen LogP contribution >= 0.6 is 0 Å². The zero-order chi connectivity index (χ0) is 40.2. The van der Waals surface area contributed by atoms with E-state index in [1.165, 1.54) is 0 Å². The predicted octanol–water partition coefficient (Wildman–Crippen LogP) is 9.55. The topological polar surface area (TPSA) is 149 Å². The summed E-state index contributed by atoms with van der Waals surface area (Å²) in [5, 5.41) is 65.6. The van der Waals surface area contributed by atoms with Gasteiger partial charge < -0.3 is 44.8 Å². The number of methoxy groups -OCH3 is 3. The molecule has 0 aliphatic heterocycles. The van der Waals surface area contributed by atoms with Crippen molar-refractivity contribution in [1.29, 1.82) is 0 Å². The van der Waals surface area contributed by atoms with Gasteiger partial charge in [0.25, 0.3) is 0 Å². The van der Waals surface area contributed by atoms with Gasteiger partial charge in [0.2, 0.25) is 0 Å². The summed E-state index contributed by atoms with van der Waals surface area (Å²) in [5.74, 6) is 1.26. The lowest BCUT2D eigenvalue weighted by atomic mass is 9.80. The van der Waals surface area contributed by atoms with Crippen LogP contribution in [0.5, 0.6) is 51.7 Å². The van der Waals surface area contributed by atoms with Crippen molar-refractivity contribution in [3.8, 4) is 51.7 Å². The van der Waals surface area contributed by atoms with Crippen molar-refractivity contribution in [3.05, 3.63) is 159 Å². The van der Waals surface area contributed by atoms with Crippen molar-refractivity contribution < 1.29 is 44.8 Å². The third-order valence-electron chi connectivity index (χ3n) is 11.4. The number of rotatable bonds is 6. The molecule has 6 aromatic carbocycles. The molecule has 0 aromatic heterocycles. The first-order valence-corrected chi connectivity index (χ1v) is 19.1. The lowest BCUT2D eigenvalue weighted by Gasteiger charge is -2.26. The van der Waals surface area contributed by atoms with E-state index in [1.807, 2.05) is 54.6 Å². The summed E-state index contributed by atoms with van der Waals surface area (Å²) in [4.78, 5) is 0. The van der Waals surface area contributed by atoms with Crippen molar-refractivity contribution in [1.82, 2.24) is 0 Å². The summed E-state index contributed by atoms with van der Waals surface area (Å²) in [6.07, 6.45) is 3.18. The van der Waals surface area contributed by atoms with Gasteiger partial charge in [-0.25, -0.2) is 0 Å². The molecule has 6 N–H and O–H groups in total. The Bertz CT molecular complexity index is 2070. The summed E-state index contributed by atoms with van der Waals surface area (Å²) < 4.78 is 17.5. The average molecular weight is 769 g/mol. The zero-order valence-electron chi connectivity index (χ0n) is 32.3. The van der Waals surface area contributed by atoms with Crippen LogP contribution in [0.1, 0.15) is 87.1 Å². The van der Waals surface area contributed by atoms with Crippen molar-refractivity contribution >= 4 is 0 Å². The smallest absolute Gasteiger partial charge is 0.125 e. The van der Waals surface area contributed by atoms with E-state index in [0.717, 1.165) is 33.4 Å². The zero-order valence-corrected chi connectivity index (χ0v) is 32.3. The Hall–Kier alpha value is -6.48. The highest BCUT2D eigenvalue weighted by atomic mass is 16.5. The normalized spacial score (nSPS) is 17.2. The number of phenolic OH excluding ortho intramolecular Hbond substituents is 6. The summed E-state index contributed by atoms with van der Waals surface area (Å²) in [6.45, 7) is 0. The molecule has 0 amide bonds. The first kappa shape index (κ1) is 38.8. The minimum absolute atomic E-state index is 0.0707. The van der Waals surface area contributed by atoms with Crippen LogP contribution in [-0.4, -0.2) is 52.0 Å². The van der Waals surface area contributed by atoms with E-state index >= 15 is 0 Å². The second kappa shape index (κ2) is 16.7. The number of hydrogen-bond donors (Lipinski definition) is 6. The molecule has 0 fully saturated rings. The van der Waals surface area contributed by atoms with Crippen LogP contribution in [0.25, 0.3) is 0 Å². The van der Waals surface area contributed by atoms with Crippen LogP contribution in [0.15, 0.2) is 109 Å². The third-order valence-corrected chi connectivity index (χ3v) is 11.4. The van der Waals surface area contributed by atoms with E-state index in [0.29, 0.717) is 72.5 Å². The standard InChI is InChI=1S/C48H48O9/c1-55-46-25-43(52)40-22-31(46)10-19-37(28-4-13-34(49)14-5-28)41-23-33(47(56-2)26-44(41)53)12-21-39(30-8-17-36(51)18-9-30)42-24-32(48(57-3)27-45(42)54)11-20-38(40)29-6-15-35(50)16-7-29/h4-9,13-18,22-27,37-39,49-54H,10-12,19-21H2,1-3H3. The molecule has 9 heteroatoms. The number of aromatic hydroxyl groups is 6. The Morgan fingerprint density at radius 1 is 0.368 bits per heavy atom. The molecule has 294 valence electrons. The molecule has 0 saturated heterocycles. The Kier molecular flexibility index (Phi) is 11.4. The third kappa shape index (κ3) is 8.24. The Morgan fingerprint density at radius 2 is 0.614 bits per heavy atom. The molecule has 7 rings (SSSR count). The largest absolute Gasteiger partial charge is 0.508 e. The fourth-order valence-electron chi connectivity index (χ4n) is 8.42. The molecular weight excluding hydrogens is 721 g/mol. The molecule has 57 heavy (non-hydrogen) atoms. The maximum absolute atomic E-state index is 11.6. The highest BCUT2D eigenvalue weighted by Gasteiger charge is 2.27. The second-order valence-electron chi connectivity index (χ2n) is 14.7. The Labute approximate surface area is 332 Å². The first-order valence-electron chi connectivity index (χ1n) is 19.1. The SMILES string of the molecule is COc1cc(O)c2cc1CCC(c1ccc(O)cc1)c1cc(c(OC)cc1O)CCC(c1ccc(O)cc1)c1cc(c(OC)cc1O)CCC2c1ccc(O)cc1. The number of phenols is 6. The highest BCUT2D eigenvalue weighted by molar-refractivity contribution is 5.55. The molecule has 0 spiro atoms. The van der Waals surface area contributed by atoms with E-state index in [9.17, 15) is 30.6 Å². The molecule has 9 nitrogen and oxygen atoms in total. The molecule has 6 aromatic rings. The maximum Gasteiger partial charge on any atom is 0.125 e. The number of ether oxygens (including phenoxy) is 3. The van der Waals surface area contributed by atoms with Crippen LogP contribution in [-0.2, 0) is 19.3 Å². The van der Waals surface area contributed by atoms with E-state index in [2.05, 4.69) is 0 Å². The summed E-state index contributed by atoms with van der Waals surface area (Å²) in [7, 11) is 4.73. The fourth-order valence-corrected chi connectivity index (χ4v) is 8.42. The van der Waals surface area contributed by atoms with Crippen LogP contribution in [0, 0.1) is 0 Å².